The van der Waals surface area contributed by atoms with Crippen LogP contribution < -0.4 is 10.5 Å². The minimum absolute atomic E-state index is 0.0286. The lowest BCUT2D eigenvalue weighted by Crippen LogP contribution is -2.22. The first-order chi connectivity index (χ1) is 20.2. The van der Waals surface area contributed by atoms with Gasteiger partial charge in [0.25, 0.3) is 0 Å². The molecular formula is C33H45N3O6. The number of aromatic nitrogens is 1. The number of phenolic OH excluding ortho intramolecular Hbond substituents is 1. The lowest BCUT2D eigenvalue weighted by molar-refractivity contribution is -0.148. The average Bonchev–Trinajstić information content (AvgIpc) is 3.40. The number of carbonyl (C=O) groups excluding carboxylic acids is 2. The van der Waals surface area contributed by atoms with Gasteiger partial charge in [-0.05, 0) is 96.9 Å². The van der Waals surface area contributed by atoms with E-state index in [1.54, 1.807) is 24.4 Å². The number of nitrogen functional groups attached to an aromatic ring is 1. The molecule has 9 heteroatoms. The van der Waals surface area contributed by atoms with Gasteiger partial charge in [-0.15, -0.1) is 0 Å². The molecule has 0 amide bonds. The second kappa shape index (κ2) is 16.7. The van der Waals surface area contributed by atoms with Gasteiger partial charge in [-0.3, -0.25) is 14.6 Å². The second-order valence-electron chi connectivity index (χ2n) is 11.1. The largest absolute Gasteiger partial charge is 0.504 e. The van der Waals surface area contributed by atoms with Crippen molar-refractivity contribution < 1.29 is 29.3 Å². The average molecular weight is 580 g/mol. The predicted octanol–water partition coefficient (Wildman–Crippen LogP) is 5.34. The highest BCUT2D eigenvalue weighted by Crippen LogP contribution is 2.33. The summed E-state index contributed by atoms with van der Waals surface area (Å²) in [5.74, 6) is 1.03. The Morgan fingerprint density at radius 2 is 1.93 bits per heavy atom. The van der Waals surface area contributed by atoms with Crippen LogP contribution in [0.25, 0.3) is 0 Å². The SMILES string of the molecule is CC[C@H](CC[C@H](CC(=O)CCc1ccc(O)c(OC)c1)OC(C)=O)CC1=C(C[C@H](CCO)c2ccnc(N)c2)CN=C1. The van der Waals surface area contributed by atoms with E-state index in [0.717, 1.165) is 36.8 Å². The molecule has 0 fully saturated rings. The zero-order chi connectivity index (χ0) is 30.5. The molecule has 0 saturated carbocycles. The molecule has 0 aliphatic carbocycles. The van der Waals surface area contributed by atoms with Crippen LogP contribution in [0.3, 0.4) is 0 Å². The first-order valence-electron chi connectivity index (χ1n) is 14.8. The van der Waals surface area contributed by atoms with Crippen LogP contribution in [0.2, 0.25) is 0 Å². The second-order valence-corrected chi connectivity index (χ2v) is 11.1. The topological polar surface area (TPSA) is 144 Å². The Morgan fingerprint density at radius 3 is 2.62 bits per heavy atom. The molecule has 9 nitrogen and oxygen atoms in total. The number of allylic oxidation sites excluding steroid dienone is 1. The molecule has 4 N–H and O–H groups in total. The maximum Gasteiger partial charge on any atom is 0.302 e. The van der Waals surface area contributed by atoms with E-state index in [1.807, 2.05) is 18.3 Å². The monoisotopic (exact) mass is 579 g/mol. The van der Waals surface area contributed by atoms with Crippen molar-refractivity contribution in [3.05, 3.63) is 58.8 Å². The number of aliphatic hydroxyl groups excluding tert-OH is 1. The van der Waals surface area contributed by atoms with Gasteiger partial charge in [0.05, 0.1) is 13.7 Å². The zero-order valence-corrected chi connectivity index (χ0v) is 25.1. The number of hydrogen-bond donors (Lipinski definition) is 3. The number of aliphatic imine (C=N–C) groups is 1. The van der Waals surface area contributed by atoms with Crippen LogP contribution in [0, 0.1) is 5.92 Å². The highest BCUT2D eigenvalue weighted by Gasteiger charge is 2.23. The molecule has 1 aliphatic heterocycles. The number of pyridine rings is 1. The van der Waals surface area contributed by atoms with Crippen molar-refractivity contribution in [2.45, 2.75) is 83.7 Å². The third-order valence-corrected chi connectivity index (χ3v) is 7.94. The highest BCUT2D eigenvalue weighted by molar-refractivity contribution is 5.82. The fourth-order valence-corrected chi connectivity index (χ4v) is 5.55. The van der Waals surface area contributed by atoms with Gasteiger partial charge in [0.2, 0.25) is 0 Å². The third-order valence-electron chi connectivity index (χ3n) is 7.94. The maximum absolute atomic E-state index is 12.8. The van der Waals surface area contributed by atoms with E-state index in [9.17, 15) is 19.8 Å². The quantitative estimate of drug-likeness (QED) is 0.201. The zero-order valence-electron chi connectivity index (χ0n) is 25.1. The summed E-state index contributed by atoms with van der Waals surface area (Å²) in [6.45, 7) is 4.28. The van der Waals surface area contributed by atoms with E-state index < -0.39 is 6.10 Å². The number of anilines is 1. The number of ketones is 1. The van der Waals surface area contributed by atoms with Crippen molar-refractivity contribution in [1.82, 2.24) is 4.98 Å². The number of phenols is 1. The summed E-state index contributed by atoms with van der Waals surface area (Å²) in [6.07, 6.45) is 8.91. The van der Waals surface area contributed by atoms with Crippen molar-refractivity contribution in [3.63, 3.8) is 0 Å². The molecule has 3 atom stereocenters. The fourth-order valence-electron chi connectivity index (χ4n) is 5.55. The number of benzene rings is 1. The number of aromatic hydroxyl groups is 1. The van der Waals surface area contributed by atoms with Crippen molar-refractivity contribution >= 4 is 23.8 Å². The van der Waals surface area contributed by atoms with Crippen LogP contribution >= 0.6 is 0 Å². The molecule has 2 aromatic rings. The van der Waals surface area contributed by atoms with E-state index in [2.05, 4.69) is 16.9 Å². The van der Waals surface area contributed by atoms with Crippen LogP contribution in [-0.4, -0.2) is 59.5 Å². The van der Waals surface area contributed by atoms with Gasteiger partial charge in [0.1, 0.15) is 17.7 Å². The number of nitrogens with two attached hydrogens (primary N) is 1. The van der Waals surface area contributed by atoms with Gasteiger partial charge in [0, 0.05) is 38.8 Å². The van der Waals surface area contributed by atoms with Crippen LogP contribution in [0.15, 0.2) is 52.7 Å². The van der Waals surface area contributed by atoms with E-state index in [1.165, 1.54) is 25.2 Å². The van der Waals surface area contributed by atoms with Gasteiger partial charge in [-0.1, -0.05) is 19.4 Å². The van der Waals surface area contributed by atoms with Crippen molar-refractivity contribution in [3.8, 4) is 11.5 Å². The number of esters is 1. The van der Waals surface area contributed by atoms with E-state index in [4.69, 9.17) is 15.2 Å². The van der Waals surface area contributed by atoms with Gasteiger partial charge in [0.15, 0.2) is 11.5 Å². The summed E-state index contributed by atoms with van der Waals surface area (Å²) < 4.78 is 10.7. The number of aliphatic hydroxyl groups is 1. The summed E-state index contributed by atoms with van der Waals surface area (Å²) in [5.41, 5.74) is 10.4. The smallest absolute Gasteiger partial charge is 0.302 e. The summed E-state index contributed by atoms with van der Waals surface area (Å²) >= 11 is 0. The molecule has 228 valence electrons. The molecule has 3 rings (SSSR count). The number of methoxy groups -OCH3 is 1. The molecule has 2 heterocycles. The number of ether oxygens (including phenoxy) is 2. The predicted molar refractivity (Wildman–Crippen MR) is 164 cm³/mol. The number of aryl methyl sites for hydroxylation is 1. The molecule has 1 aromatic heterocycles. The Labute approximate surface area is 248 Å². The molecule has 0 bridgehead atoms. The number of nitrogens with zero attached hydrogens (tertiary/aromatic N) is 2. The van der Waals surface area contributed by atoms with Crippen molar-refractivity contribution in [2.24, 2.45) is 10.9 Å². The van der Waals surface area contributed by atoms with Crippen LogP contribution in [0.4, 0.5) is 5.82 Å². The molecular weight excluding hydrogens is 534 g/mol. The molecule has 1 aliphatic rings. The number of Topliss-reactive ketones (excluding diaryl/α,β-unsaturated/α-hetero) is 1. The minimum Gasteiger partial charge on any atom is -0.504 e. The van der Waals surface area contributed by atoms with E-state index in [-0.39, 0.29) is 36.4 Å². The number of rotatable bonds is 18. The summed E-state index contributed by atoms with van der Waals surface area (Å²) in [4.78, 5) is 33.3. The van der Waals surface area contributed by atoms with Crippen LogP contribution in [-0.2, 0) is 20.7 Å². The lowest BCUT2D eigenvalue weighted by atomic mass is 9.85. The highest BCUT2D eigenvalue weighted by atomic mass is 16.5. The Morgan fingerprint density at radius 1 is 1.12 bits per heavy atom. The van der Waals surface area contributed by atoms with Gasteiger partial charge >= 0.3 is 5.97 Å². The minimum atomic E-state index is -0.463. The molecule has 0 spiro atoms. The number of hydrogen-bond acceptors (Lipinski definition) is 9. The van der Waals surface area contributed by atoms with Gasteiger partial charge in [-0.2, -0.15) is 0 Å². The third kappa shape index (κ3) is 10.3. The van der Waals surface area contributed by atoms with E-state index in [0.29, 0.717) is 49.7 Å². The van der Waals surface area contributed by atoms with Crippen LogP contribution in [0.5, 0.6) is 11.5 Å². The van der Waals surface area contributed by atoms with Gasteiger partial charge in [-0.25, -0.2) is 4.98 Å². The molecule has 1 aromatic carbocycles. The summed E-state index contributed by atoms with van der Waals surface area (Å²) in [5, 5.41) is 19.5. The molecule has 42 heavy (non-hydrogen) atoms. The number of carbonyl (C=O) groups is 2. The van der Waals surface area contributed by atoms with Crippen molar-refractivity contribution in [2.75, 3.05) is 26.0 Å². The first kappa shape index (κ1) is 32.8. The Balaban J connectivity index is 1.59. The Bertz CT molecular complexity index is 1260. The lowest BCUT2D eigenvalue weighted by Gasteiger charge is -2.22. The first-order valence-corrected chi connectivity index (χ1v) is 14.8. The maximum atomic E-state index is 12.8. The Kier molecular flexibility index (Phi) is 13.0. The Hall–Kier alpha value is -3.72. The summed E-state index contributed by atoms with van der Waals surface area (Å²) in [7, 11) is 1.49. The molecule has 0 saturated heterocycles. The van der Waals surface area contributed by atoms with Crippen molar-refractivity contribution in [1.29, 1.82) is 0 Å². The fraction of sp³-hybridized carbons (Fsp3) is 0.515. The molecule has 0 unspecified atom stereocenters. The van der Waals surface area contributed by atoms with Crippen LogP contribution in [0.1, 0.15) is 82.3 Å². The van der Waals surface area contributed by atoms with Gasteiger partial charge < -0.3 is 25.4 Å². The standard InChI is InChI=1S/C33H45N3O6/c1-4-23(15-27-20-35-21-28(27)17-26(12-14-37)25-11-13-36-33(34)18-25)6-9-30(42-22(2)38)19-29(39)8-5-24-7-10-31(40)32(16-24)41-3/h7,10-11,13,16,18,20,23,26,30,37,40H,4-6,8-9,12,14-15,17,19,21H2,1-3H3,(H2,34,36)/t23-,26+,30-/m1/s1. The van der Waals surface area contributed by atoms with E-state index >= 15 is 0 Å². The molecule has 0 radical (unpaired) electrons. The summed E-state index contributed by atoms with van der Waals surface area (Å²) in [6, 6.07) is 8.89. The normalized spacial score (nSPS) is 15.0.